The van der Waals surface area contributed by atoms with Crippen molar-refractivity contribution in [2.45, 2.75) is 16.8 Å². The lowest BCUT2D eigenvalue weighted by Crippen LogP contribution is -2.29. The number of rotatable bonds is 5. The van der Waals surface area contributed by atoms with Gasteiger partial charge in [-0.1, -0.05) is 30.3 Å². The number of hydrogen-bond acceptors (Lipinski definition) is 4. The Balaban J connectivity index is 1.69. The lowest BCUT2D eigenvalue weighted by Gasteiger charge is -2.25. The average molecular weight is 416 g/mol. The summed E-state index contributed by atoms with van der Waals surface area (Å²) in [6.07, 6.45) is 1.49. The normalized spacial score (nSPS) is 17.2. The minimum atomic E-state index is -3.78. The maximum Gasteiger partial charge on any atom is 0.267 e. The molecule has 2 aromatic carbocycles. The SMILES string of the molecule is O=C1CSC(c2cccn2S(=O)(=O)c2ccccc2)N1Cc1cccc(F)c1. The van der Waals surface area contributed by atoms with Crippen molar-refractivity contribution in [3.8, 4) is 0 Å². The van der Waals surface area contributed by atoms with Crippen molar-refractivity contribution in [1.29, 1.82) is 0 Å². The summed E-state index contributed by atoms with van der Waals surface area (Å²) in [6, 6.07) is 17.6. The second-order valence-electron chi connectivity index (χ2n) is 6.36. The summed E-state index contributed by atoms with van der Waals surface area (Å²) < 4.78 is 40.9. The maximum atomic E-state index is 13.5. The molecule has 144 valence electrons. The smallest absolute Gasteiger partial charge is 0.267 e. The monoisotopic (exact) mass is 416 g/mol. The summed E-state index contributed by atoms with van der Waals surface area (Å²) in [4.78, 5) is 14.2. The van der Waals surface area contributed by atoms with Crippen LogP contribution in [-0.4, -0.2) is 29.0 Å². The Labute approximate surface area is 166 Å². The molecule has 1 unspecified atom stereocenters. The molecule has 0 bridgehead atoms. The molecule has 1 aliphatic rings. The molecule has 8 heteroatoms. The highest BCUT2D eigenvalue weighted by atomic mass is 32.2. The number of nitrogens with zero attached hydrogens (tertiary/aromatic N) is 2. The molecule has 4 rings (SSSR count). The predicted octanol–water partition coefficient (Wildman–Crippen LogP) is 3.64. The van der Waals surface area contributed by atoms with Crippen molar-refractivity contribution in [3.63, 3.8) is 0 Å². The zero-order valence-electron chi connectivity index (χ0n) is 14.7. The summed E-state index contributed by atoms with van der Waals surface area (Å²) in [6.45, 7) is 0.213. The third-order valence-corrected chi connectivity index (χ3v) is 7.45. The molecular formula is C20H17FN2O3S2. The van der Waals surface area contributed by atoms with Crippen LogP contribution in [0, 0.1) is 5.82 Å². The molecule has 2 heterocycles. The van der Waals surface area contributed by atoms with Gasteiger partial charge in [0.2, 0.25) is 5.91 Å². The van der Waals surface area contributed by atoms with Gasteiger partial charge in [-0.15, -0.1) is 11.8 Å². The fourth-order valence-corrected chi connectivity index (χ4v) is 5.86. The van der Waals surface area contributed by atoms with Crippen LogP contribution in [0.5, 0.6) is 0 Å². The van der Waals surface area contributed by atoms with Gasteiger partial charge in [0.1, 0.15) is 11.2 Å². The van der Waals surface area contributed by atoms with Crippen molar-refractivity contribution in [1.82, 2.24) is 8.87 Å². The quantitative estimate of drug-likeness (QED) is 0.637. The minimum absolute atomic E-state index is 0.107. The highest BCUT2D eigenvalue weighted by Crippen LogP contribution is 2.40. The fraction of sp³-hybridized carbons (Fsp3) is 0.150. The third-order valence-electron chi connectivity index (χ3n) is 4.51. The van der Waals surface area contributed by atoms with E-state index < -0.39 is 15.4 Å². The van der Waals surface area contributed by atoms with Crippen molar-refractivity contribution < 1.29 is 17.6 Å². The summed E-state index contributed by atoms with van der Waals surface area (Å²) in [5, 5.41) is -0.468. The molecule has 0 saturated carbocycles. The number of hydrogen-bond donors (Lipinski definition) is 0. The Morgan fingerprint density at radius 3 is 2.57 bits per heavy atom. The molecule has 0 radical (unpaired) electrons. The van der Waals surface area contributed by atoms with E-state index in [0.29, 0.717) is 11.3 Å². The fourth-order valence-electron chi connectivity index (χ4n) is 3.20. The van der Waals surface area contributed by atoms with Gasteiger partial charge in [-0.05, 0) is 42.0 Å². The van der Waals surface area contributed by atoms with Gasteiger partial charge in [-0.3, -0.25) is 4.79 Å². The van der Waals surface area contributed by atoms with Gasteiger partial charge in [0.05, 0.1) is 16.3 Å². The van der Waals surface area contributed by atoms with Crippen molar-refractivity contribution in [3.05, 3.63) is 90.0 Å². The van der Waals surface area contributed by atoms with Crippen LogP contribution in [0.15, 0.2) is 77.8 Å². The Morgan fingerprint density at radius 1 is 1.04 bits per heavy atom. The van der Waals surface area contributed by atoms with Gasteiger partial charge in [0.15, 0.2) is 0 Å². The molecule has 1 aromatic heterocycles. The molecule has 0 spiro atoms. The zero-order valence-corrected chi connectivity index (χ0v) is 16.4. The van der Waals surface area contributed by atoms with Crippen molar-refractivity contribution in [2.75, 3.05) is 5.75 Å². The van der Waals surface area contributed by atoms with E-state index in [1.54, 1.807) is 47.4 Å². The summed E-state index contributed by atoms with van der Waals surface area (Å²) in [7, 11) is -3.78. The van der Waals surface area contributed by atoms with E-state index >= 15 is 0 Å². The van der Waals surface area contributed by atoms with E-state index in [2.05, 4.69) is 0 Å². The first-order chi connectivity index (χ1) is 13.5. The average Bonchev–Trinajstić information content (AvgIpc) is 3.30. The van der Waals surface area contributed by atoms with Crippen molar-refractivity contribution >= 4 is 27.7 Å². The van der Waals surface area contributed by atoms with Gasteiger partial charge in [-0.2, -0.15) is 0 Å². The van der Waals surface area contributed by atoms with E-state index in [4.69, 9.17) is 0 Å². The van der Waals surface area contributed by atoms with Crippen LogP contribution >= 0.6 is 11.8 Å². The Bertz CT molecular complexity index is 1110. The maximum absolute atomic E-state index is 13.5. The molecule has 28 heavy (non-hydrogen) atoms. The molecule has 0 N–H and O–H groups in total. The summed E-state index contributed by atoms with van der Waals surface area (Å²) >= 11 is 1.36. The van der Waals surface area contributed by atoms with Crippen LogP contribution in [0.2, 0.25) is 0 Å². The highest BCUT2D eigenvalue weighted by molar-refractivity contribution is 8.00. The van der Waals surface area contributed by atoms with Crippen LogP contribution in [0.1, 0.15) is 16.6 Å². The van der Waals surface area contributed by atoms with Crippen LogP contribution < -0.4 is 0 Å². The number of carbonyl (C=O) groups excluding carboxylic acids is 1. The van der Waals surface area contributed by atoms with E-state index in [0.717, 1.165) is 0 Å². The van der Waals surface area contributed by atoms with Gasteiger partial charge >= 0.3 is 0 Å². The zero-order chi connectivity index (χ0) is 19.7. The molecule has 1 saturated heterocycles. The van der Waals surface area contributed by atoms with Crippen molar-refractivity contribution in [2.24, 2.45) is 0 Å². The Hall–Kier alpha value is -2.58. The van der Waals surface area contributed by atoms with Gasteiger partial charge < -0.3 is 4.90 Å². The van der Waals surface area contributed by atoms with E-state index in [9.17, 15) is 17.6 Å². The molecular weight excluding hydrogens is 399 g/mol. The number of thioether (sulfide) groups is 1. The molecule has 0 aliphatic carbocycles. The van der Waals surface area contributed by atoms with Crippen LogP contribution in [0.25, 0.3) is 0 Å². The third kappa shape index (κ3) is 3.45. The first kappa shape index (κ1) is 18.8. The number of benzene rings is 2. The molecule has 1 amide bonds. The van der Waals surface area contributed by atoms with E-state index in [1.807, 2.05) is 0 Å². The number of aromatic nitrogens is 1. The lowest BCUT2D eigenvalue weighted by atomic mass is 10.2. The first-order valence-electron chi connectivity index (χ1n) is 8.60. The number of halogens is 1. The van der Waals surface area contributed by atoms with Gasteiger partial charge in [0, 0.05) is 12.7 Å². The second kappa shape index (κ2) is 7.44. The molecule has 1 aliphatic heterocycles. The summed E-state index contributed by atoms with van der Waals surface area (Å²) in [5.74, 6) is -0.233. The summed E-state index contributed by atoms with van der Waals surface area (Å²) in [5.41, 5.74) is 1.15. The van der Waals surface area contributed by atoms with E-state index in [1.165, 1.54) is 46.2 Å². The molecule has 5 nitrogen and oxygen atoms in total. The highest BCUT2D eigenvalue weighted by Gasteiger charge is 2.36. The molecule has 3 aromatic rings. The predicted molar refractivity (Wildman–Crippen MR) is 106 cm³/mol. The standard InChI is InChI=1S/C20H17FN2O3S2/c21-16-7-4-6-15(12-16)13-22-19(24)14-27-20(22)18-10-5-11-23(18)28(25,26)17-8-2-1-3-9-17/h1-12,20H,13-14H2. The largest absolute Gasteiger partial charge is 0.320 e. The second-order valence-corrected chi connectivity index (χ2v) is 9.25. The van der Waals surface area contributed by atoms with Gasteiger partial charge in [-0.25, -0.2) is 16.8 Å². The topological polar surface area (TPSA) is 59.4 Å². The van der Waals surface area contributed by atoms with E-state index in [-0.39, 0.29) is 28.9 Å². The van der Waals surface area contributed by atoms with Crippen LogP contribution in [0.4, 0.5) is 4.39 Å². The first-order valence-corrected chi connectivity index (χ1v) is 11.1. The Kier molecular flexibility index (Phi) is 4.99. The molecule has 1 atom stereocenters. The molecule has 1 fully saturated rings. The van der Waals surface area contributed by atoms with Gasteiger partial charge in [0.25, 0.3) is 10.0 Å². The van der Waals surface area contributed by atoms with Crippen LogP contribution in [-0.2, 0) is 21.4 Å². The van der Waals surface area contributed by atoms with Crippen LogP contribution in [0.3, 0.4) is 0 Å². The number of carbonyl (C=O) groups is 1. The minimum Gasteiger partial charge on any atom is -0.320 e. The lowest BCUT2D eigenvalue weighted by molar-refractivity contribution is -0.128. The number of amides is 1. The Morgan fingerprint density at radius 2 is 1.82 bits per heavy atom.